The number of carbonyl (C=O) groups excluding carboxylic acids is 1. The van der Waals surface area contributed by atoms with Gasteiger partial charge in [0, 0.05) is 30.9 Å². The topological polar surface area (TPSA) is 38.1 Å². The largest absolute Gasteiger partial charge is 0.339 e. The standard InChI is InChI=1S/C17H29N3O/c1-8-19(10-12(2)3)17(21)9-16-14(6)18-20(15(16)7)11-13(4)5/h13H,2,8-11H2,1,3-7H3. The van der Waals surface area contributed by atoms with Crippen LogP contribution in [0.4, 0.5) is 0 Å². The summed E-state index contributed by atoms with van der Waals surface area (Å²) in [5, 5.41) is 4.58. The van der Waals surface area contributed by atoms with E-state index >= 15 is 0 Å². The van der Waals surface area contributed by atoms with Crippen molar-refractivity contribution < 1.29 is 4.79 Å². The zero-order chi connectivity index (χ0) is 16.2. The van der Waals surface area contributed by atoms with Crippen molar-refractivity contribution in [3.63, 3.8) is 0 Å². The van der Waals surface area contributed by atoms with E-state index in [1.807, 2.05) is 30.4 Å². The van der Waals surface area contributed by atoms with Crippen LogP contribution in [0.25, 0.3) is 0 Å². The minimum atomic E-state index is 0.149. The molecule has 0 saturated heterocycles. The molecule has 118 valence electrons. The van der Waals surface area contributed by atoms with Gasteiger partial charge >= 0.3 is 0 Å². The van der Waals surface area contributed by atoms with Gasteiger partial charge in [-0.25, -0.2) is 0 Å². The van der Waals surface area contributed by atoms with Crippen molar-refractivity contribution in [1.29, 1.82) is 0 Å². The monoisotopic (exact) mass is 291 g/mol. The molecule has 0 radical (unpaired) electrons. The van der Waals surface area contributed by atoms with Crippen LogP contribution < -0.4 is 0 Å². The van der Waals surface area contributed by atoms with Crippen LogP contribution in [0.1, 0.15) is 44.6 Å². The van der Waals surface area contributed by atoms with E-state index < -0.39 is 0 Å². The van der Waals surface area contributed by atoms with Crippen LogP contribution in [0.15, 0.2) is 12.2 Å². The molecule has 0 N–H and O–H groups in total. The fraction of sp³-hybridized carbons (Fsp3) is 0.647. The first-order valence-corrected chi connectivity index (χ1v) is 7.71. The Morgan fingerprint density at radius 3 is 2.48 bits per heavy atom. The summed E-state index contributed by atoms with van der Waals surface area (Å²) in [6.07, 6.45) is 0.427. The van der Waals surface area contributed by atoms with E-state index in [1.54, 1.807) is 0 Å². The molecule has 0 aliphatic rings. The van der Waals surface area contributed by atoms with E-state index in [4.69, 9.17) is 0 Å². The third-order valence-corrected chi connectivity index (χ3v) is 3.59. The smallest absolute Gasteiger partial charge is 0.227 e. The molecule has 21 heavy (non-hydrogen) atoms. The van der Waals surface area contributed by atoms with Crippen molar-refractivity contribution >= 4 is 5.91 Å². The summed E-state index contributed by atoms with van der Waals surface area (Å²) in [4.78, 5) is 14.3. The minimum absolute atomic E-state index is 0.149. The highest BCUT2D eigenvalue weighted by Crippen LogP contribution is 2.16. The van der Waals surface area contributed by atoms with Gasteiger partial charge < -0.3 is 4.90 Å². The highest BCUT2D eigenvalue weighted by atomic mass is 16.2. The second-order valence-corrected chi connectivity index (χ2v) is 6.27. The molecule has 0 unspecified atom stereocenters. The zero-order valence-corrected chi connectivity index (χ0v) is 14.4. The van der Waals surface area contributed by atoms with Crippen LogP contribution in [0, 0.1) is 19.8 Å². The lowest BCUT2D eigenvalue weighted by atomic mass is 10.1. The third-order valence-electron chi connectivity index (χ3n) is 3.59. The van der Waals surface area contributed by atoms with Crippen molar-refractivity contribution in [2.45, 2.75) is 54.5 Å². The highest BCUT2D eigenvalue weighted by Gasteiger charge is 2.18. The van der Waals surface area contributed by atoms with Crippen LogP contribution in [0.5, 0.6) is 0 Å². The maximum absolute atomic E-state index is 12.5. The Morgan fingerprint density at radius 2 is 2.00 bits per heavy atom. The van der Waals surface area contributed by atoms with Crippen LogP contribution in [-0.2, 0) is 17.8 Å². The number of nitrogens with zero attached hydrogens (tertiary/aromatic N) is 3. The van der Waals surface area contributed by atoms with E-state index in [-0.39, 0.29) is 5.91 Å². The lowest BCUT2D eigenvalue weighted by Crippen LogP contribution is -2.33. The summed E-state index contributed by atoms with van der Waals surface area (Å²) in [5.74, 6) is 0.693. The van der Waals surface area contributed by atoms with Gasteiger partial charge in [-0.1, -0.05) is 26.0 Å². The van der Waals surface area contributed by atoms with Gasteiger partial charge in [0.25, 0.3) is 0 Å². The maximum Gasteiger partial charge on any atom is 0.227 e. The summed E-state index contributed by atoms with van der Waals surface area (Å²) in [6.45, 7) is 18.5. The van der Waals surface area contributed by atoms with Gasteiger partial charge in [-0.05, 0) is 33.6 Å². The Kier molecular flexibility index (Phi) is 6.19. The predicted octanol–water partition coefficient (Wildman–Crippen LogP) is 3.12. The van der Waals surface area contributed by atoms with Gasteiger partial charge in [0.05, 0.1) is 12.1 Å². The van der Waals surface area contributed by atoms with E-state index in [2.05, 4.69) is 32.4 Å². The molecular weight excluding hydrogens is 262 g/mol. The van der Waals surface area contributed by atoms with Gasteiger partial charge in [-0.3, -0.25) is 9.48 Å². The molecule has 0 saturated carbocycles. The molecule has 0 spiro atoms. The van der Waals surface area contributed by atoms with Gasteiger partial charge in [0.15, 0.2) is 0 Å². The molecule has 0 aromatic carbocycles. The average molecular weight is 291 g/mol. The minimum Gasteiger partial charge on any atom is -0.339 e. The second-order valence-electron chi connectivity index (χ2n) is 6.27. The molecular formula is C17H29N3O. The molecule has 0 aliphatic heterocycles. The molecule has 0 fully saturated rings. The summed E-state index contributed by atoms with van der Waals surface area (Å²) in [5.41, 5.74) is 4.16. The predicted molar refractivity (Wildman–Crippen MR) is 87.3 cm³/mol. The van der Waals surface area contributed by atoms with Crippen molar-refractivity contribution in [1.82, 2.24) is 14.7 Å². The first-order valence-electron chi connectivity index (χ1n) is 7.71. The lowest BCUT2D eigenvalue weighted by molar-refractivity contribution is -0.129. The van der Waals surface area contributed by atoms with Gasteiger partial charge in [0.2, 0.25) is 5.91 Å². The fourth-order valence-corrected chi connectivity index (χ4v) is 2.48. The maximum atomic E-state index is 12.5. The molecule has 0 bridgehead atoms. The normalized spacial score (nSPS) is 11.0. The van der Waals surface area contributed by atoms with E-state index in [1.165, 1.54) is 0 Å². The Balaban J connectivity index is 2.89. The molecule has 1 amide bonds. The number of amides is 1. The van der Waals surface area contributed by atoms with Crippen LogP contribution >= 0.6 is 0 Å². The lowest BCUT2D eigenvalue weighted by Gasteiger charge is -2.21. The van der Waals surface area contributed by atoms with Crippen LogP contribution in [-0.4, -0.2) is 33.7 Å². The first kappa shape index (κ1) is 17.5. The van der Waals surface area contributed by atoms with Crippen LogP contribution in [0.2, 0.25) is 0 Å². The molecule has 1 aromatic rings. The molecule has 0 atom stereocenters. The molecule has 4 heteroatoms. The van der Waals surface area contributed by atoms with Gasteiger partial charge in [-0.15, -0.1) is 0 Å². The number of likely N-dealkylation sites (N-methyl/N-ethyl adjacent to an activating group) is 1. The molecule has 1 rings (SSSR count). The number of aromatic nitrogens is 2. The fourth-order valence-electron chi connectivity index (χ4n) is 2.48. The highest BCUT2D eigenvalue weighted by molar-refractivity contribution is 5.79. The van der Waals surface area contributed by atoms with E-state index in [0.29, 0.717) is 25.4 Å². The number of hydrogen-bond donors (Lipinski definition) is 0. The Bertz CT molecular complexity index is 514. The number of carbonyl (C=O) groups is 1. The van der Waals surface area contributed by atoms with Gasteiger partial charge in [0.1, 0.15) is 0 Å². The van der Waals surface area contributed by atoms with Crippen molar-refractivity contribution in [2.24, 2.45) is 5.92 Å². The van der Waals surface area contributed by atoms with Crippen LogP contribution in [0.3, 0.4) is 0 Å². The summed E-state index contributed by atoms with van der Waals surface area (Å²) >= 11 is 0. The summed E-state index contributed by atoms with van der Waals surface area (Å²) in [6, 6.07) is 0. The number of aryl methyl sites for hydroxylation is 1. The molecule has 1 aromatic heterocycles. The van der Waals surface area contributed by atoms with E-state index in [0.717, 1.165) is 29.1 Å². The van der Waals surface area contributed by atoms with Crippen molar-refractivity contribution in [3.05, 3.63) is 29.1 Å². The Hall–Kier alpha value is -1.58. The summed E-state index contributed by atoms with van der Waals surface area (Å²) in [7, 11) is 0. The molecule has 1 heterocycles. The van der Waals surface area contributed by atoms with Gasteiger partial charge in [-0.2, -0.15) is 5.10 Å². The Morgan fingerprint density at radius 1 is 1.38 bits per heavy atom. The molecule has 4 nitrogen and oxygen atoms in total. The number of rotatable bonds is 7. The van der Waals surface area contributed by atoms with Crippen molar-refractivity contribution in [3.8, 4) is 0 Å². The number of hydrogen-bond acceptors (Lipinski definition) is 2. The SMILES string of the molecule is C=C(C)CN(CC)C(=O)Cc1c(C)nn(CC(C)C)c1C. The quantitative estimate of drug-likeness (QED) is 0.724. The zero-order valence-electron chi connectivity index (χ0n) is 14.4. The second kappa shape index (κ2) is 7.43. The average Bonchev–Trinajstić information content (AvgIpc) is 2.62. The van der Waals surface area contributed by atoms with E-state index in [9.17, 15) is 4.79 Å². The first-order chi connectivity index (χ1) is 9.76. The summed E-state index contributed by atoms with van der Waals surface area (Å²) < 4.78 is 2.03. The Labute approximate surface area is 128 Å². The third kappa shape index (κ3) is 4.73. The molecule has 0 aliphatic carbocycles. The van der Waals surface area contributed by atoms with Crippen molar-refractivity contribution in [2.75, 3.05) is 13.1 Å².